The van der Waals surface area contributed by atoms with E-state index in [1.165, 1.54) is 0 Å². The quantitative estimate of drug-likeness (QED) is 0.701. The van der Waals surface area contributed by atoms with E-state index in [9.17, 15) is 18.0 Å². The maximum absolute atomic E-state index is 12.1. The molecular formula is C15H17N3O4S. The van der Waals surface area contributed by atoms with Crippen LogP contribution >= 0.6 is 0 Å². The normalized spacial score (nSPS) is 19.6. The molecule has 8 heteroatoms. The Kier molecular flexibility index (Phi) is 3.85. The highest BCUT2D eigenvalue weighted by atomic mass is 32.2. The summed E-state index contributed by atoms with van der Waals surface area (Å²) in [5.41, 5.74) is 6.84. The molecule has 122 valence electrons. The molecule has 1 fully saturated rings. The molecule has 2 aromatic rings. The van der Waals surface area contributed by atoms with Crippen LogP contribution < -0.4 is 10.9 Å². The van der Waals surface area contributed by atoms with Crippen molar-refractivity contribution in [2.75, 3.05) is 11.5 Å². The molecule has 1 aromatic heterocycles. The standard InChI is InChI=1S/C15H17N3O4S/c1-9-2-3-10-7-13(16-12(10)6-9)15(20)18-17-14(19)11-4-5-23(21,22)8-11/h2-3,6-7,11,16H,4-5,8H2,1H3,(H,17,19)(H,18,20)/t11-/m1/s1. The van der Waals surface area contributed by atoms with Gasteiger partial charge in [-0.25, -0.2) is 8.42 Å². The first-order valence-electron chi connectivity index (χ1n) is 7.24. The van der Waals surface area contributed by atoms with Crippen molar-refractivity contribution in [3.05, 3.63) is 35.5 Å². The number of aromatic nitrogens is 1. The number of nitrogens with one attached hydrogen (secondary N) is 3. The maximum atomic E-state index is 12.1. The minimum Gasteiger partial charge on any atom is -0.350 e. The van der Waals surface area contributed by atoms with Crippen molar-refractivity contribution in [2.45, 2.75) is 13.3 Å². The second kappa shape index (κ2) is 5.69. The van der Waals surface area contributed by atoms with Gasteiger partial charge in [-0.1, -0.05) is 12.1 Å². The first-order valence-corrected chi connectivity index (χ1v) is 9.06. The van der Waals surface area contributed by atoms with Crippen LogP contribution in [0.1, 0.15) is 22.5 Å². The smallest absolute Gasteiger partial charge is 0.286 e. The summed E-state index contributed by atoms with van der Waals surface area (Å²) in [6, 6.07) is 7.46. The predicted molar refractivity (Wildman–Crippen MR) is 85.4 cm³/mol. The zero-order chi connectivity index (χ0) is 16.6. The van der Waals surface area contributed by atoms with E-state index in [-0.39, 0.29) is 17.9 Å². The number of carbonyl (C=O) groups is 2. The number of amides is 2. The van der Waals surface area contributed by atoms with Gasteiger partial charge in [-0.2, -0.15) is 0 Å². The van der Waals surface area contributed by atoms with Crippen molar-refractivity contribution in [3.8, 4) is 0 Å². The van der Waals surface area contributed by atoms with Crippen molar-refractivity contribution in [3.63, 3.8) is 0 Å². The second-order valence-electron chi connectivity index (χ2n) is 5.82. The lowest BCUT2D eigenvalue weighted by atomic mass is 10.1. The Morgan fingerprint density at radius 2 is 2.00 bits per heavy atom. The van der Waals surface area contributed by atoms with Gasteiger partial charge >= 0.3 is 0 Å². The molecular weight excluding hydrogens is 318 g/mol. The summed E-state index contributed by atoms with van der Waals surface area (Å²) in [6.45, 7) is 1.95. The number of carbonyl (C=O) groups excluding carboxylic acids is 2. The Labute approximate surface area is 133 Å². The zero-order valence-corrected chi connectivity index (χ0v) is 13.4. The van der Waals surface area contributed by atoms with Crippen LogP contribution in [0, 0.1) is 12.8 Å². The fraction of sp³-hybridized carbons (Fsp3) is 0.333. The Morgan fingerprint density at radius 1 is 1.22 bits per heavy atom. The summed E-state index contributed by atoms with van der Waals surface area (Å²) >= 11 is 0. The topological polar surface area (TPSA) is 108 Å². The van der Waals surface area contributed by atoms with E-state index in [2.05, 4.69) is 15.8 Å². The number of rotatable bonds is 2. The summed E-state index contributed by atoms with van der Waals surface area (Å²) in [6.07, 6.45) is 0.287. The highest BCUT2D eigenvalue weighted by molar-refractivity contribution is 7.91. The van der Waals surface area contributed by atoms with Gasteiger partial charge in [0.2, 0.25) is 5.91 Å². The SMILES string of the molecule is Cc1ccc2cc(C(=O)NNC(=O)[C@@H]3CCS(=O)(=O)C3)[nH]c2c1. The van der Waals surface area contributed by atoms with E-state index in [1.54, 1.807) is 6.07 Å². The Bertz CT molecular complexity index is 885. The molecule has 0 saturated carbocycles. The predicted octanol–water partition coefficient (Wildman–Crippen LogP) is 0.672. The molecule has 0 aliphatic carbocycles. The Morgan fingerprint density at radius 3 is 2.70 bits per heavy atom. The molecule has 0 spiro atoms. The molecule has 23 heavy (non-hydrogen) atoms. The van der Waals surface area contributed by atoms with Crippen molar-refractivity contribution < 1.29 is 18.0 Å². The van der Waals surface area contributed by atoms with Crippen LogP contribution in [0.2, 0.25) is 0 Å². The van der Waals surface area contributed by atoms with Crippen LogP contribution in [0.15, 0.2) is 24.3 Å². The van der Waals surface area contributed by atoms with E-state index in [1.807, 2.05) is 25.1 Å². The summed E-state index contributed by atoms with van der Waals surface area (Å²) in [4.78, 5) is 26.9. The first kappa shape index (κ1) is 15.5. The average Bonchev–Trinajstić information content (AvgIpc) is 3.07. The first-order chi connectivity index (χ1) is 10.8. The van der Waals surface area contributed by atoms with Crippen LogP contribution in [0.4, 0.5) is 0 Å². The number of hydrogen-bond donors (Lipinski definition) is 3. The molecule has 1 aliphatic heterocycles. The number of hydrogen-bond acceptors (Lipinski definition) is 4. The molecule has 2 heterocycles. The van der Waals surface area contributed by atoms with E-state index in [4.69, 9.17) is 0 Å². The fourth-order valence-electron chi connectivity index (χ4n) is 2.65. The van der Waals surface area contributed by atoms with Gasteiger partial charge in [0.15, 0.2) is 9.84 Å². The van der Waals surface area contributed by atoms with Gasteiger partial charge in [0.25, 0.3) is 5.91 Å². The molecule has 1 aromatic carbocycles. The Hall–Kier alpha value is -2.35. The monoisotopic (exact) mass is 335 g/mol. The van der Waals surface area contributed by atoms with Crippen LogP contribution in [0.25, 0.3) is 10.9 Å². The number of hydrazine groups is 1. The van der Waals surface area contributed by atoms with Crippen molar-refractivity contribution >= 4 is 32.6 Å². The lowest BCUT2D eigenvalue weighted by Gasteiger charge is -2.09. The van der Waals surface area contributed by atoms with Gasteiger partial charge in [0.05, 0.1) is 17.4 Å². The third-order valence-corrected chi connectivity index (χ3v) is 5.69. The summed E-state index contributed by atoms with van der Waals surface area (Å²) in [5, 5.41) is 0.897. The van der Waals surface area contributed by atoms with E-state index in [0.29, 0.717) is 5.69 Å². The summed E-state index contributed by atoms with van der Waals surface area (Å²) in [7, 11) is -3.13. The van der Waals surface area contributed by atoms with E-state index >= 15 is 0 Å². The average molecular weight is 335 g/mol. The van der Waals surface area contributed by atoms with Gasteiger partial charge < -0.3 is 4.98 Å². The number of H-pyrrole nitrogens is 1. The third kappa shape index (κ3) is 3.37. The van der Waals surface area contributed by atoms with Crippen LogP contribution in [0.3, 0.4) is 0 Å². The fourth-order valence-corrected chi connectivity index (χ4v) is 4.39. The van der Waals surface area contributed by atoms with Gasteiger partial charge in [-0.15, -0.1) is 0 Å². The molecule has 2 amide bonds. The van der Waals surface area contributed by atoms with Crippen molar-refractivity contribution in [2.24, 2.45) is 5.92 Å². The third-order valence-electron chi connectivity index (χ3n) is 3.93. The number of sulfone groups is 1. The highest BCUT2D eigenvalue weighted by Crippen LogP contribution is 2.18. The van der Waals surface area contributed by atoms with Gasteiger partial charge in [-0.05, 0) is 31.0 Å². The van der Waals surface area contributed by atoms with Crippen LogP contribution in [-0.4, -0.2) is 36.7 Å². The van der Waals surface area contributed by atoms with E-state index in [0.717, 1.165) is 16.5 Å². The van der Waals surface area contributed by atoms with Crippen LogP contribution in [-0.2, 0) is 14.6 Å². The number of aryl methyl sites for hydroxylation is 1. The van der Waals surface area contributed by atoms with Gasteiger partial charge in [-0.3, -0.25) is 20.4 Å². The molecule has 3 rings (SSSR count). The highest BCUT2D eigenvalue weighted by Gasteiger charge is 2.33. The molecule has 1 aliphatic rings. The van der Waals surface area contributed by atoms with E-state index < -0.39 is 27.6 Å². The van der Waals surface area contributed by atoms with Gasteiger partial charge in [0.1, 0.15) is 5.69 Å². The minimum atomic E-state index is -3.13. The molecule has 3 N–H and O–H groups in total. The van der Waals surface area contributed by atoms with Gasteiger partial charge in [0, 0.05) is 10.9 Å². The minimum absolute atomic E-state index is 0.0143. The molecule has 0 unspecified atom stereocenters. The second-order valence-corrected chi connectivity index (χ2v) is 8.05. The maximum Gasteiger partial charge on any atom is 0.286 e. The largest absolute Gasteiger partial charge is 0.350 e. The Balaban J connectivity index is 1.63. The summed E-state index contributed by atoms with van der Waals surface area (Å²) < 4.78 is 22.7. The molecule has 7 nitrogen and oxygen atoms in total. The number of aromatic amines is 1. The molecule has 1 atom stereocenters. The van der Waals surface area contributed by atoms with Crippen LogP contribution in [0.5, 0.6) is 0 Å². The number of fused-ring (bicyclic) bond motifs is 1. The lowest BCUT2D eigenvalue weighted by molar-refractivity contribution is -0.125. The lowest BCUT2D eigenvalue weighted by Crippen LogP contribution is -2.44. The van der Waals surface area contributed by atoms with Crippen molar-refractivity contribution in [1.82, 2.24) is 15.8 Å². The molecule has 1 saturated heterocycles. The zero-order valence-electron chi connectivity index (χ0n) is 12.5. The number of benzene rings is 1. The molecule has 0 radical (unpaired) electrons. The summed E-state index contributed by atoms with van der Waals surface area (Å²) in [5.74, 6) is -1.72. The van der Waals surface area contributed by atoms with Crippen molar-refractivity contribution in [1.29, 1.82) is 0 Å². The molecule has 0 bridgehead atoms.